The Hall–Kier alpha value is -0.190. The molecule has 0 saturated carbocycles. The fraction of sp³-hybridized carbons (Fsp3) is 0.200. The highest BCUT2D eigenvalue weighted by Crippen LogP contribution is 2.09. The minimum absolute atomic E-state index is 0.322. The molecule has 2 heterocycles. The smallest absolute Gasteiger partial charge is 0.124 e. The zero-order valence-electron chi connectivity index (χ0n) is 7.45. The summed E-state index contributed by atoms with van der Waals surface area (Å²) in [7, 11) is 0. The standard InChI is InChI=1S/C5H5BrS.C5H5FS/c6-3-5-1-2-7-4-5;6-4-5-2-1-3-7-5/h1-2,4H,3H2;1-3H,4H2. The highest BCUT2D eigenvalue weighted by atomic mass is 79.9. The average molecular weight is 293 g/mol. The summed E-state index contributed by atoms with van der Waals surface area (Å²) in [5.41, 5.74) is 1.37. The van der Waals surface area contributed by atoms with Crippen LogP contribution >= 0.6 is 38.6 Å². The van der Waals surface area contributed by atoms with E-state index in [-0.39, 0.29) is 6.67 Å². The molecule has 0 radical (unpaired) electrons. The first-order valence-corrected chi connectivity index (χ1v) is 6.96. The fourth-order valence-electron chi connectivity index (χ4n) is 0.757. The lowest BCUT2D eigenvalue weighted by molar-refractivity contribution is 0.491. The van der Waals surface area contributed by atoms with E-state index in [9.17, 15) is 4.39 Å². The van der Waals surface area contributed by atoms with Gasteiger partial charge in [0.2, 0.25) is 0 Å². The Morgan fingerprint density at radius 1 is 1.29 bits per heavy atom. The number of halogens is 2. The molecule has 0 aliphatic rings. The molecule has 0 aliphatic carbocycles. The van der Waals surface area contributed by atoms with Gasteiger partial charge in [0.1, 0.15) is 6.67 Å². The van der Waals surface area contributed by atoms with Gasteiger partial charge in [0.05, 0.1) is 0 Å². The molecule has 0 spiro atoms. The lowest BCUT2D eigenvalue weighted by atomic mass is 10.4. The zero-order chi connectivity index (χ0) is 10.2. The lowest BCUT2D eigenvalue weighted by Gasteiger charge is -1.77. The molecule has 0 unspecified atom stereocenters. The second kappa shape index (κ2) is 7.15. The van der Waals surface area contributed by atoms with Crippen molar-refractivity contribution in [3.05, 3.63) is 44.8 Å². The Morgan fingerprint density at radius 3 is 2.43 bits per heavy atom. The van der Waals surface area contributed by atoms with E-state index in [4.69, 9.17) is 0 Å². The summed E-state index contributed by atoms with van der Waals surface area (Å²) in [6.45, 7) is -0.322. The molecule has 0 aliphatic heterocycles. The Balaban J connectivity index is 0.000000140. The molecular formula is C10H10BrFS2. The topological polar surface area (TPSA) is 0 Å². The van der Waals surface area contributed by atoms with Crippen LogP contribution in [0.5, 0.6) is 0 Å². The minimum Gasteiger partial charge on any atom is -0.245 e. The van der Waals surface area contributed by atoms with Crippen molar-refractivity contribution in [2.24, 2.45) is 0 Å². The van der Waals surface area contributed by atoms with Crippen molar-refractivity contribution in [2.45, 2.75) is 12.0 Å². The highest BCUT2D eigenvalue weighted by molar-refractivity contribution is 9.08. The van der Waals surface area contributed by atoms with Crippen LogP contribution in [0.1, 0.15) is 10.4 Å². The van der Waals surface area contributed by atoms with E-state index >= 15 is 0 Å². The Morgan fingerprint density at radius 2 is 2.14 bits per heavy atom. The van der Waals surface area contributed by atoms with Crippen LogP contribution in [-0.2, 0) is 12.0 Å². The molecule has 4 heteroatoms. The maximum absolute atomic E-state index is 11.6. The van der Waals surface area contributed by atoms with Crippen molar-refractivity contribution >= 4 is 38.6 Å². The predicted molar refractivity (Wildman–Crippen MR) is 66.1 cm³/mol. The molecule has 2 rings (SSSR count). The summed E-state index contributed by atoms with van der Waals surface area (Å²) < 4.78 is 11.6. The van der Waals surface area contributed by atoms with Gasteiger partial charge in [-0.3, -0.25) is 0 Å². The largest absolute Gasteiger partial charge is 0.245 e. The zero-order valence-corrected chi connectivity index (χ0v) is 10.7. The van der Waals surface area contributed by atoms with Crippen molar-refractivity contribution in [3.63, 3.8) is 0 Å². The summed E-state index contributed by atoms with van der Waals surface area (Å²) in [6, 6.07) is 5.74. The third-order valence-electron chi connectivity index (χ3n) is 1.45. The molecule has 0 amide bonds. The molecule has 0 atom stereocenters. The van der Waals surface area contributed by atoms with Crippen LogP contribution in [0, 0.1) is 0 Å². The van der Waals surface area contributed by atoms with E-state index in [2.05, 4.69) is 32.8 Å². The fourth-order valence-corrected chi connectivity index (χ4v) is 2.54. The van der Waals surface area contributed by atoms with Crippen LogP contribution in [0.2, 0.25) is 0 Å². The van der Waals surface area contributed by atoms with Gasteiger partial charge < -0.3 is 0 Å². The van der Waals surface area contributed by atoms with Crippen LogP contribution in [0.25, 0.3) is 0 Å². The second-order valence-corrected chi connectivity index (χ2v) is 4.85. The van der Waals surface area contributed by atoms with Crippen LogP contribution in [0.3, 0.4) is 0 Å². The van der Waals surface area contributed by atoms with E-state index in [0.717, 1.165) is 10.2 Å². The van der Waals surface area contributed by atoms with Crippen LogP contribution < -0.4 is 0 Å². The average Bonchev–Trinajstić information content (AvgIpc) is 2.92. The van der Waals surface area contributed by atoms with E-state index in [0.29, 0.717) is 0 Å². The lowest BCUT2D eigenvalue weighted by Crippen LogP contribution is -1.61. The van der Waals surface area contributed by atoms with Crippen molar-refractivity contribution in [2.75, 3.05) is 0 Å². The molecule has 0 saturated heterocycles. The van der Waals surface area contributed by atoms with Gasteiger partial charge in [-0.1, -0.05) is 22.0 Å². The number of rotatable bonds is 2. The normalized spacial score (nSPS) is 9.29. The summed E-state index contributed by atoms with van der Waals surface area (Å²) in [6.07, 6.45) is 0. The van der Waals surface area contributed by atoms with Crippen molar-refractivity contribution < 1.29 is 4.39 Å². The van der Waals surface area contributed by atoms with Crippen molar-refractivity contribution in [3.8, 4) is 0 Å². The minimum atomic E-state index is -0.322. The maximum atomic E-state index is 11.6. The predicted octanol–water partition coefficient (Wildman–Crippen LogP) is 4.86. The molecule has 2 aromatic heterocycles. The maximum Gasteiger partial charge on any atom is 0.124 e. The Bertz CT molecular complexity index is 282. The number of thiophene rings is 2. The van der Waals surface area contributed by atoms with Gasteiger partial charge >= 0.3 is 0 Å². The van der Waals surface area contributed by atoms with Crippen LogP contribution in [-0.4, -0.2) is 0 Å². The molecule has 14 heavy (non-hydrogen) atoms. The van der Waals surface area contributed by atoms with Gasteiger partial charge in [0, 0.05) is 10.2 Å². The quantitative estimate of drug-likeness (QED) is 0.694. The second-order valence-electron chi connectivity index (χ2n) is 2.48. The monoisotopic (exact) mass is 292 g/mol. The van der Waals surface area contributed by atoms with Crippen LogP contribution in [0.15, 0.2) is 34.3 Å². The van der Waals surface area contributed by atoms with E-state index < -0.39 is 0 Å². The molecule has 76 valence electrons. The third kappa shape index (κ3) is 4.35. The highest BCUT2D eigenvalue weighted by Gasteiger charge is 1.85. The molecule has 0 nitrogen and oxygen atoms in total. The first kappa shape index (κ1) is 11.9. The van der Waals surface area contributed by atoms with E-state index in [1.165, 1.54) is 16.9 Å². The van der Waals surface area contributed by atoms with Crippen molar-refractivity contribution in [1.82, 2.24) is 0 Å². The molecule has 0 bridgehead atoms. The first-order chi connectivity index (χ1) is 6.86. The summed E-state index contributed by atoms with van der Waals surface area (Å²) in [5, 5.41) is 7.07. The van der Waals surface area contributed by atoms with E-state index in [1.807, 2.05) is 11.4 Å². The van der Waals surface area contributed by atoms with Gasteiger partial charge in [-0.05, 0) is 33.8 Å². The third-order valence-corrected chi connectivity index (χ3v) is 3.67. The summed E-state index contributed by atoms with van der Waals surface area (Å²) in [5.74, 6) is 0. The number of hydrogen-bond acceptors (Lipinski definition) is 2. The number of hydrogen-bond donors (Lipinski definition) is 0. The molecule has 0 N–H and O–H groups in total. The summed E-state index contributed by atoms with van der Waals surface area (Å²) in [4.78, 5) is 0.806. The molecule has 2 aromatic rings. The number of alkyl halides is 2. The Labute approximate surface area is 99.5 Å². The molecule has 0 fully saturated rings. The van der Waals surface area contributed by atoms with Crippen LogP contribution in [0.4, 0.5) is 4.39 Å². The van der Waals surface area contributed by atoms with Gasteiger partial charge in [-0.2, -0.15) is 11.3 Å². The van der Waals surface area contributed by atoms with Gasteiger partial charge in [0.25, 0.3) is 0 Å². The Kier molecular flexibility index (Phi) is 6.07. The summed E-state index contributed by atoms with van der Waals surface area (Å²) >= 11 is 6.53. The first-order valence-electron chi connectivity index (χ1n) is 4.02. The van der Waals surface area contributed by atoms with Gasteiger partial charge in [-0.25, -0.2) is 4.39 Å². The SMILES string of the molecule is BrCc1ccsc1.FCc1cccs1. The molecular weight excluding hydrogens is 283 g/mol. The van der Waals surface area contributed by atoms with Gasteiger partial charge in [0.15, 0.2) is 0 Å². The van der Waals surface area contributed by atoms with Gasteiger partial charge in [-0.15, -0.1) is 11.3 Å². The van der Waals surface area contributed by atoms with Crippen molar-refractivity contribution in [1.29, 1.82) is 0 Å². The molecule has 0 aromatic carbocycles. The van der Waals surface area contributed by atoms with E-state index in [1.54, 1.807) is 17.4 Å².